The van der Waals surface area contributed by atoms with Gasteiger partial charge in [0.05, 0.1) is 6.42 Å². The predicted octanol–water partition coefficient (Wildman–Crippen LogP) is 6.26. The molecule has 0 amide bonds. The van der Waals surface area contributed by atoms with Gasteiger partial charge in [0.2, 0.25) is 0 Å². The summed E-state index contributed by atoms with van der Waals surface area (Å²) < 4.78 is 18.9. The highest BCUT2D eigenvalue weighted by Gasteiger charge is 2.23. The van der Waals surface area contributed by atoms with Crippen molar-refractivity contribution in [1.29, 1.82) is 0 Å². The molecule has 0 aliphatic carbocycles. The topological polar surface area (TPSA) is 81.2 Å². The fourth-order valence-corrected chi connectivity index (χ4v) is 10.4. The van der Waals surface area contributed by atoms with E-state index in [4.69, 9.17) is 4.74 Å². The first-order chi connectivity index (χ1) is 15.3. The maximum absolute atomic E-state index is 13.6. The molecule has 0 aromatic carbocycles. The number of hydrogen-bond acceptors (Lipinski definition) is 9. The lowest BCUT2D eigenvalue weighted by molar-refractivity contribution is -0.154. The Balaban J connectivity index is 1.80. The molecular weight excluding hydrogens is 501 g/mol. The van der Waals surface area contributed by atoms with Crippen LogP contribution >= 0.6 is 50.5 Å². The van der Waals surface area contributed by atoms with Gasteiger partial charge >= 0.3 is 5.97 Å². The van der Waals surface area contributed by atoms with Crippen molar-refractivity contribution in [3.63, 3.8) is 0 Å². The summed E-state index contributed by atoms with van der Waals surface area (Å²) in [5.74, 6) is 1.18. The number of pyridine rings is 2. The molecule has 0 saturated heterocycles. The summed E-state index contributed by atoms with van der Waals surface area (Å²) in [6, 6.07) is 11.6. The van der Waals surface area contributed by atoms with Crippen molar-refractivity contribution in [2.75, 3.05) is 30.4 Å². The van der Waals surface area contributed by atoms with E-state index in [-0.39, 0.29) is 12.4 Å². The first kappa shape index (κ1) is 27.6. The summed E-state index contributed by atoms with van der Waals surface area (Å²) >= 11 is 0. The largest absolute Gasteiger partial charge is 0.460 e. The molecule has 0 aliphatic rings. The molecule has 0 radical (unpaired) electrons. The number of rotatable bonds is 14. The van der Waals surface area contributed by atoms with Crippen molar-refractivity contribution in [3.8, 4) is 0 Å². The molecule has 32 heavy (non-hydrogen) atoms. The van der Waals surface area contributed by atoms with Crippen molar-refractivity contribution < 1.29 is 14.1 Å². The number of nitrogens with one attached hydrogen (secondary N) is 1. The monoisotopic (exact) mass is 531 g/mol. The van der Waals surface area contributed by atoms with Crippen LogP contribution in [0.25, 0.3) is 0 Å². The summed E-state index contributed by atoms with van der Waals surface area (Å²) in [7, 11) is 3.83. The fraction of sp³-hybridized carbons (Fsp3) is 0.476. The van der Waals surface area contributed by atoms with Crippen LogP contribution in [0.2, 0.25) is 0 Å². The molecule has 2 aromatic heterocycles. The van der Waals surface area contributed by atoms with Crippen molar-refractivity contribution in [2.45, 2.75) is 42.8 Å². The van der Waals surface area contributed by atoms with Crippen LogP contribution in [0.4, 0.5) is 0 Å². The van der Waals surface area contributed by atoms with Crippen molar-refractivity contribution in [1.82, 2.24) is 15.1 Å². The molecule has 0 spiro atoms. The smallest absolute Gasteiger partial charge is 0.307 e. The highest BCUT2D eigenvalue weighted by atomic mass is 33.1. The number of hydrogen-bond donors (Lipinski definition) is 1. The maximum atomic E-state index is 13.6. The van der Waals surface area contributed by atoms with Crippen LogP contribution in [0.5, 0.6) is 0 Å². The number of esters is 1. The lowest BCUT2D eigenvalue weighted by atomic mass is 10.2. The number of nitrogens with zero attached hydrogens (tertiary/aromatic N) is 2. The first-order valence-electron chi connectivity index (χ1n) is 10.2. The van der Waals surface area contributed by atoms with Gasteiger partial charge < -0.3 is 9.30 Å². The van der Waals surface area contributed by atoms with Crippen molar-refractivity contribution >= 4 is 56.4 Å². The van der Waals surface area contributed by atoms with E-state index in [1.54, 1.807) is 55.6 Å². The Labute approximate surface area is 206 Å². The second-order valence-electron chi connectivity index (χ2n) is 7.73. The molecule has 0 saturated carbocycles. The molecule has 0 aliphatic heterocycles. The summed E-state index contributed by atoms with van der Waals surface area (Å²) in [5.41, 5.74) is -0.514. The zero-order valence-electron chi connectivity index (χ0n) is 18.6. The SMILES string of the molecule is CC(C)(C)OC(=O)CCNP(=O)(CCSSc1ccccn1)CCSSc1ccccn1. The average Bonchev–Trinajstić information content (AvgIpc) is 2.75. The van der Waals surface area contributed by atoms with Crippen molar-refractivity contribution in [3.05, 3.63) is 48.8 Å². The van der Waals surface area contributed by atoms with Gasteiger partial charge in [0, 0.05) is 42.8 Å². The van der Waals surface area contributed by atoms with E-state index in [1.807, 2.05) is 57.2 Å². The van der Waals surface area contributed by atoms with E-state index in [2.05, 4.69) is 15.1 Å². The van der Waals surface area contributed by atoms with Gasteiger partial charge in [-0.05, 0) is 66.6 Å². The van der Waals surface area contributed by atoms with E-state index in [9.17, 15) is 9.36 Å². The van der Waals surface area contributed by atoms with Crippen molar-refractivity contribution in [2.24, 2.45) is 0 Å². The molecule has 176 valence electrons. The van der Waals surface area contributed by atoms with Crippen LogP contribution in [-0.2, 0) is 14.1 Å². The van der Waals surface area contributed by atoms with E-state index in [1.165, 1.54) is 0 Å². The minimum atomic E-state index is -2.64. The van der Waals surface area contributed by atoms with E-state index in [0.717, 1.165) is 21.6 Å². The summed E-state index contributed by atoms with van der Waals surface area (Å²) in [5, 5.41) is 5.06. The lowest BCUT2D eigenvalue weighted by Gasteiger charge is -2.21. The third-order valence-corrected chi connectivity index (χ3v) is 11.6. The standard InChI is InChI=1S/C21H30N3O3PS4/c1-21(2,3)27-20(25)10-13-24-28(26,14-16-29-31-18-8-4-6-11-22-18)15-17-30-32-19-9-5-7-12-23-19/h4-9,11-12H,10,13-17H2,1-3H3,(H,24,26). The Morgan fingerprint density at radius 3 is 1.94 bits per heavy atom. The van der Waals surface area contributed by atoms with Gasteiger partial charge in [0.15, 0.2) is 0 Å². The Morgan fingerprint density at radius 2 is 1.50 bits per heavy atom. The summed E-state index contributed by atoms with van der Waals surface area (Å²) in [6.07, 6.45) is 4.85. The van der Waals surface area contributed by atoms with E-state index in [0.29, 0.717) is 18.9 Å². The van der Waals surface area contributed by atoms with Gasteiger partial charge in [-0.15, -0.1) is 0 Å². The Kier molecular flexibility index (Phi) is 12.6. The van der Waals surface area contributed by atoms with Gasteiger partial charge in [-0.2, -0.15) is 0 Å². The fourth-order valence-electron chi connectivity index (χ4n) is 2.39. The maximum Gasteiger partial charge on any atom is 0.307 e. The second kappa shape index (κ2) is 14.6. The molecule has 0 unspecified atom stereocenters. The lowest BCUT2D eigenvalue weighted by Crippen LogP contribution is -2.27. The number of ether oxygens (including phenoxy) is 1. The first-order valence-corrected chi connectivity index (χ1v) is 16.9. The molecule has 2 aromatic rings. The minimum absolute atomic E-state index is 0.201. The molecule has 2 heterocycles. The second-order valence-corrected chi connectivity index (χ2v) is 15.6. The summed E-state index contributed by atoms with van der Waals surface area (Å²) in [6.45, 7) is 5.88. The van der Waals surface area contributed by atoms with Crippen LogP contribution in [-0.4, -0.2) is 51.9 Å². The molecule has 1 N–H and O–H groups in total. The zero-order valence-corrected chi connectivity index (χ0v) is 22.7. The highest BCUT2D eigenvalue weighted by molar-refractivity contribution is 8.77. The Bertz CT molecular complexity index is 803. The average molecular weight is 532 g/mol. The van der Waals surface area contributed by atoms with Gasteiger partial charge in [0.25, 0.3) is 0 Å². The van der Waals surface area contributed by atoms with Crippen LogP contribution < -0.4 is 5.09 Å². The predicted molar refractivity (Wildman–Crippen MR) is 141 cm³/mol. The zero-order chi connectivity index (χ0) is 23.3. The molecule has 0 fully saturated rings. The van der Waals surface area contributed by atoms with E-state index >= 15 is 0 Å². The van der Waals surface area contributed by atoms with Gasteiger partial charge in [0.1, 0.15) is 22.9 Å². The highest BCUT2D eigenvalue weighted by Crippen LogP contribution is 2.45. The molecule has 11 heteroatoms. The van der Waals surface area contributed by atoms with Gasteiger partial charge in [-0.3, -0.25) is 9.88 Å². The van der Waals surface area contributed by atoms with Crippen LogP contribution in [0.1, 0.15) is 27.2 Å². The van der Waals surface area contributed by atoms with Crippen LogP contribution in [0.15, 0.2) is 58.8 Å². The minimum Gasteiger partial charge on any atom is -0.460 e. The van der Waals surface area contributed by atoms with Crippen LogP contribution in [0, 0.1) is 0 Å². The van der Waals surface area contributed by atoms with E-state index < -0.39 is 12.9 Å². The molecular formula is C21H30N3O3PS4. The Hall–Kier alpha value is -0.640. The quantitative estimate of drug-likeness (QED) is 0.131. The van der Waals surface area contributed by atoms with Crippen LogP contribution in [0.3, 0.4) is 0 Å². The third kappa shape index (κ3) is 12.6. The number of aromatic nitrogens is 2. The summed E-state index contributed by atoms with van der Waals surface area (Å²) in [4.78, 5) is 20.6. The molecule has 0 atom stereocenters. The molecule has 2 rings (SSSR count). The Morgan fingerprint density at radius 1 is 0.969 bits per heavy atom. The third-order valence-electron chi connectivity index (χ3n) is 3.78. The molecule has 0 bridgehead atoms. The number of carbonyl (C=O) groups is 1. The molecule has 6 nitrogen and oxygen atoms in total. The number of carbonyl (C=O) groups excluding carboxylic acids is 1. The van der Waals surface area contributed by atoms with Gasteiger partial charge in [-0.25, -0.2) is 9.97 Å². The normalized spacial score (nSPS) is 12.0. The van der Waals surface area contributed by atoms with Gasteiger partial charge in [-0.1, -0.05) is 33.7 Å².